The summed E-state index contributed by atoms with van der Waals surface area (Å²) in [5, 5.41) is 12.8. The molecule has 7 nitrogen and oxygen atoms in total. The van der Waals surface area contributed by atoms with Gasteiger partial charge in [0.25, 0.3) is 0 Å². The third-order valence-electron chi connectivity index (χ3n) is 6.92. The smallest absolute Gasteiger partial charge is 0.327 e. The maximum absolute atomic E-state index is 14.7. The van der Waals surface area contributed by atoms with E-state index in [0.29, 0.717) is 11.1 Å². The Morgan fingerprint density at radius 3 is 2.42 bits per heavy atom. The molecule has 2 heterocycles. The molecule has 2 amide bonds. The molecule has 9 heteroatoms. The standard InChI is InChI=1S/C27H22F2N2O5/c1-36-26(35)27(14-15-9-11-18(32)12-10-15)22-21(23(30-27)16-5-4-6-17(28)13-16)24(33)31(25(22)34)20-8-3-2-7-19(20)29/h2-13,21-23,30,32H,14H2,1H3/t21-,22+,23-,27+/m0/s1. The molecule has 2 aliphatic rings. The number of benzene rings is 3. The highest BCUT2D eigenvalue weighted by Gasteiger charge is 2.69. The van der Waals surface area contributed by atoms with E-state index in [9.17, 15) is 28.3 Å². The molecule has 0 radical (unpaired) electrons. The normalized spacial score (nSPS) is 25.2. The van der Waals surface area contributed by atoms with Crippen molar-refractivity contribution in [3.05, 3.63) is 95.6 Å². The summed E-state index contributed by atoms with van der Waals surface area (Å²) in [6, 6.07) is 16.0. The first kappa shape index (κ1) is 23.6. The van der Waals surface area contributed by atoms with Gasteiger partial charge in [0.15, 0.2) is 0 Å². The highest BCUT2D eigenvalue weighted by Crippen LogP contribution is 2.51. The summed E-state index contributed by atoms with van der Waals surface area (Å²) >= 11 is 0. The summed E-state index contributed by atoms with van der Waals surface area (Å²) in [5.74, 6) is -5.95. The average Bonchev–Trinajstić information content (AvgIpc) is 3.34. The molecule has 3 aromatic rings. The number of phenolic OH excluding ortho intramolecular Hbond substituents is 1. The lowest BCUT2D eigenvalue weighted by Gasteiger charge is -2.32. The van der Waals surface area contributed by atoms with E-state index in [4.69, 9.17) is 4.74 Å². The topological polar surface area (TPSA) is 95.9 Å². The third-order valence-corrected chi connectivity index (χ3v) is 6.92. The number of hydrogen-bond donors (Lipinski definition) is 2. The fourth-order valence-corrected chi connectivity index (χ4v) is 5.40. The molecule has 2 fully saturated rings. The summed E-state index contributed by atoms with van der Waals surface area (Å²) in [4.78, 5) is 41.7. The van der Waals surface area contributed by atoms with Gasteiger partial charge in [-0.2, -0.15) is 0 Å². The van der Waals surface area contributed by atoms with Crippen molar-refractivity contribution in [1.82, 2.24) is 5.32 Å². The number of nitrogens with zero attached hydrogens (tertiary/aromatic N) is 1. The molecule has 0 aromatic heterocycles. The predicted molar refractivity (Wildman–Crippen MR) is 125 cm³/mol. The molecule has 0 aliphatic carbocycles. The quantitative estimate of drug-likeness (QED) is 0.419. The van der Waals surface area contributed by atoms with Crippen LogP contribution in [0.4, 0.5) is 14.5 Å². The summed E-state index contributed by atoms with van der Waals surface area (Å²) in [5.41, 5.74) is -1.00. The van der Waals surface area contributed by atoms with Crippen LogP contribution in [0.1, 0.15) is 17.2 Å². The fourth-order valence-electron chi connectivity index (χ4n) is 5.40. The number of amides is 2. The van der Waals surface area contributed by atoms with Gasteiger partial charge in [-0.1, -0.05) is 36.4 Å². The van der Waals surface area contributed by atoms with Gasteiger partial charge in [-0.15, -0.1) is 0 Å². The van der Waals surface area contributed by atoms with Gasteiger partial charge in [0.1, 0.15) is 22.9 Å². The number of aromatic hydroxyl groups is 1. The second-order valence-corrected chi connectivity index (χ2v) is 8.95. The lowest BCUT2D eigenvalue weighted by atomic mass is 9.76. The van der Waals surface area contributed by atoms with E-state index in [2.05, 4.69) is 5.32 Å². The summed E-state index contributed by atoms with van der Waals surface area (Å²) in [6.07, 6.45) is -0.0724. The van der Waals surface area contributed by atoms with Crippen molar-refractivity contribution in [3.63, 3.8) is 0 Å². The molecule has 2 aliphatic heterocycles. The number of hydrogen-bond acceptors (Lipinski definition) is 6. The molecule has 0 spiro atoms. The molecule has 2 saturated heterocycles. The number of nitrogens with one attached hydrogen (secondary N) is 1. The number of halogens is 2. The lowest BCUT2D eigenvalue weighted by molar-refractivity contribution is -0.152. The molecule has 36 heavy (non-hydrogen) atoms. The predicted octanol–water partition coefficient (Wildman–Crippen LogP) is 3.28. The number of carbonyl (C=O) groups is 3. The minimum atomic E-state index is -1.72. The van der Waals surface area contributed by atoms with E-state index >= 15 is 0 Å². The molecule has 0 unspecified atom stereocenters. The Morgan fingerprint density at radius 1 is 1.03 bits per heavy atom. The van der Waals surface area contributed by atoms with Gasteiger partial charge in [-0.05, 0) is 47.5 Å². The first-order valence-corrected chi connectivity index (χ1v) is 11.3. The first-order chi connectivity index (χ1) is 17.3. The van der Waals surface area contributed by atoms with E-state index < -0.39 is 52.8 Å². The van der Waals surface area contributed by atoms with E-state index in [0.717, 1.165) is 11.0 Å². The number of ether oxygens (including phenoxy) is 1. The monoisotopic (exact) mass is 492 g/mol. The van der Waals surface area contributed by atoms with Crippen LogP contribution in [0.25, 0.3) is 0 Å². The number of fused-ring (bicyclic) bond motifs is 1. The van der Waals surface area contributed by atoms with Gasteiger partial charge in [-0.3, -0.25) is 19.7 Å². The molecule has 184 valence electrons. The number of rotatable bonds is 5. The number of anilines is 1. The Bertz CT molecular complexity index is 1360. The maximum Gasteiger partial charge on any atom is 0.327 e. The minimum Gasteiger partial charge on any atom is -0.508 e. The number of methoxy groups -OCH3 is 1. The highest BCUT2D eigenvalue weighted by atomic mass is 19.1. The summed E-state index contributed by atoms with van der Waals surface area (Å²) in [7, 11) is 1.17. The van der Waals surface area contributed by atoms with Crippen molar-refractivity contribution < 1.29 is 33.0 Å². The van der Waals surface area contributed by atoms with Crippen LogP contribution in [0.3, 0.4) is 0 Å². The van der Waals surface area contributed by atoms with Crippen molar-refractivity contribution >= 4 is 23.5 Å². The minimum absolute atomic E-state index is 0.0126. The van der Waals surface area contributed by atoms with Crippen LogP contribution in [0.2, 0.25) is 0 Å². The fraction of sp³-hybridized carbons (Fsp3) is 0.222. The lowest BCUT2D eigenvalue weighted by Crippen LogP contribution is -2.58. The van der Waals surface area contributed by atoms with Crippen molar-refractivity contribution in [2.24, 2.45) is 11.8 Å². The Balaban J connectivity index is 1.69. The van der Waals surface area contributed by atoms with Gasteiger partial charge in [-0.25, -0.2) is 13.7 Å². The Kier molecular flexibility index (Phi) is 5.80. The van der Waals surface area contributed by atoms with Gasteiger partial charge in [0, 0.05) is 12.5 Å². The zero-order valence-electron chi connectivity index (χ0n) is 19.2. The Hall–Kier alpha value is -4.11. The molecular weight excluding hydrogens is 470 g/mol. The van der Waals surface area contributed by atoms with Crippen molar-refractivity contribution in [2.45, 2.75) is 18.0 Å². The second-order valence-electron chi connectivity index (χ2n) is 8.95. The van der Waals surface area contributed by atoms with Gasteiger partial charge < -0.3 is 9.84 Å². The van der Waals surface area contributed by atoms with Crippen LogP contribution in [-0.4, -0.2) is 35.5 Å². The molecule has 2 N–H and O–H groups in total. The van der Waals surface area contributed by atoms with Crippen LogP contribution in [0.5, 0.6) is 5.75 Å². The first-order valence-electron chi connectivity index (χ1n) is 11.3. The molecule has 0 bridgehead atoms. The van der Waals surface area contributed by atoms with Crippen LogP contribution in [0, 0.1) is 23.5 Å². The van der Waals surface area contributed by atoms with E-state index in [1.165, 1.54) is 55.6 Å². The maximum atomic E-state index is 14.7. The number of phenols is 1. The van der Waals surface area contributed by atoms with Gasteiger partial charge >= 0.3 is 5.97 Å². The Morgan fingerprint density at radius 2 is 1.75 bits per heavy atom. The molecule has 0 saturated carbocycles. The van der Waals surface area contributed by atoms with Crippen LogP contribution in [-0.2, 0) is 25.5 Å². The van der Waals surface area contributed by atoms with E-state index in [1.54, 1.807) is 18.2 Å². The molecule has 3 aromatic carbocycles. The SMILES string of the molecule is COC(=O)[C@]1(Cc2ccc(O)cc2)N[C@@H](c2cccc(F)c2)[C@H]2C(=O)N(c3ccccc3F)C(=O)[C@@H]21. The van der Waals surface area contributed by atoms with Crippen LogP contribution in [0.15, 0.2) is 72.8 Å². The van der Waals surface area contributed by atoms with E-state index in [1.807, 2.05) is 0 Å². The third kappa shape index (κ3) is 3.63. The molecule has 4 atom stereocenters. The number of imide groups is 1. The summed E-state index contributed by atoms with van der Waals surface area (Å²) < 4.78 is 34.0. The van der Waals surface area contributed by atoms with Crippen molar-refractivity contribution in [3.8, 4) is 5.75 Å². The summed E-state index contributed by atoms with van der Waals surface area (Å²) in [6.45, 7) is 0. The van der Waals surface area contributed by atoms with Crippen LogP contribution >= 0.6 is 0 Å². The molecular formula is C27H22F2N2O5. The Labute approximate surface area is 205 Å². The second kappa shape index (κ2) is 8.83. The number of esters is 1. The van der Waals surface area contributed by atoms with Gasteiger partial charge in [0.2, 0.25) is 11.8 Å². The van der Waals surface area contributed by atoms with E-state index in [-0.39, 0.29) is 17.9 Å². The molecule has 5 rings (SSSR count). The number of para-hydroxylation sites is 1. The zero-order chi connectivity index (χ0) is 25.6. The van der Waals surface area contributed by atoms with Crippen LogP contribution < -0.4 is 10.2 Å². The number of carbonyl (C=O) groups excluding carboxylic acids is 3. The van der Waals surface area contributed by atoms with Gasteiger partial charge in [0.05, 0.1) is 24.6 Å². The average molecular weight is 492 g/mol. The largest absolute Gasteiger partial charge is 0.508 e. The van der Waals surface area contributed by atoms with Crippen molar-refractivity contribution in [1.29, 1.82) is 0 Å². The zero-order valence-corrected chi connectivity index (χ0v) is 19.2. The highest BCUT2D eigenvalue weighted by molar-refractivity contribution is 6.24. The van der Waals surface area contributed by atoms with Crippen molar-refractivity contribution in [2.75, 3.05) is 12.0 Å².